The quantitative estimate of drug-likeness (QED) is 0.724. The van der Waals surface area contributed by atoms with E-state index in [2.05, 4.69) is 27.7 Å². The van der Waals surface area contributed by atoms with Gasteiger partial charge in [-0.2, -0.15) is 0 Å². The number of hydrogen-bond donors (Lipinski definition) is 0. The molecule has 114 valence electrons. The van der Waals surface area contributed by atoms with Gasteiger partial charge in [0, 0.05) is 5.92 Å². The minimum absolute atomic E-state index is 0.178. The number of hydrogen-bond acceptors (Lipinski definition) is 2. The molecule has 4 aliphatic rings. The van der Waals surface area contributed by atoms with Crippen LogP contribution in [-0.2, 0) is 9.47 Å². The van der Waals surface area contributed by atoms with Gasteiger partial charge >= 0.3 is 0 Å². The summed E-state index contributed by atoms with van der Waals surface area (Å²) in [7, 11) is 0. The van der Waals surface area contributed by atoms with Crippen LogP contribution in [0.4, 0.5) is 0 Å². The Kier molecular flexibility index (Phi) is 2.87. The second-order valence-corrected chi connectivity index (χ2v) is 8.62. The largest absolute Gasteiger partial charge is 0.366 e. The minimum atomic E-state index is 0.178. The lowest BCUT2D eigenvalue weighted by molar-refractivity contribution is 0.0508. The van der Waals surface area contributed by atoms with E-state index in [0.717, 1.165) is 11.8 Å². The monoisotopic (exact) mass is 278 g/mol. The zero-order valence-electron chi connectivity index (χ0n) is 13.5. The van der Waals surface area contributed by atoms with E-state index < -0.39 is 0 Å². The first-order valence-corrected chi connectivity index (χ1v) is 8.83. The summed E-state index contributed by atoms with van der Waals surface area (Å²) in [6.07, 6.45) is 8.89. The molecule has 7 atom stereocenters. The molecule has 2 aliphatic carbocycles. The third kappa shape index (κ3) is 1.76. The van der Waals surface area contributed by atoms with Crippen molar-refractivity contribution >= 4 is 0 Å². The van der Waals surface area contributed by atoms with Crippen LogP contribution < -0.4 is 0 Å². The van der Waals surface area contributed by atoms with Crippen molar-refractivity contribution in [3.63, 3.8) is 0 Å². The first kappa shape index (κ1) is 13.6. The van der Waals surface area contributed by atoms with E-state index >= 15 is 0 Å². The van der Waals surface area contributed by atoms with Crippen LogP contribution in [0.15, 0.2) is 0 Å². The van der Waals surface area contributed by atoms with Gasteiger partial charge in [0.15, 0.2) is 0 Å². The molecule has 0 aromatic carbocycles. The molecule has 0 bridgehead atoms. The van der Waals surface area contributed by atoms with Crippen LogP contribution in [0.3, 0.4) is 0 Å². The van der Waals surface area contributed by atoms with E-state index in [9.17, 15) is 0 Å². The summed E-state index contributed by atoms with van der Waals surface area (Å²) in [6.45, 7) is 9.60. The lowest BCUT2D eigenvalue weighted by Gasteiger charge is -2.39. The van der Waals surface area contributed by atoms with Crippen LogP contribution in [-0.4, -0.2) is 23.4 Å². The third-order valence-corrected chi connectivity index (χ3v) is 6.60. The van der Waals surface area contributed by atoms with Crippen molar-refractivity contribution in [1.29, 1.82) is 0 Å². The van der Waals surface area contributed by atoms with Crippen LogP contribution in [0.5, 0.6) is 0 Å². The molecule has 0 N–H and O–H groups in total. The Morgan fingerprint density at radius 2 is 1.25 bits per heavy atom. The number of epoxide rings is 2. The highest BCUT2D eigenvalue weighted by Crippen LogP contribution is 2.66. The number of fused-ring (bicyclic) bond motifs is 2. The SMILES string of the molecule is CC1CCC2OC2(C(C(C)C)C23CC(C)CC[C@@H]2O3)C1. The second-order valence-electron chi connectivity index (χ2n) is 8.62. The molecule has 4 fully saturated rings. The average molecular weight is 278 g/mol. The van der Waals surface area contributed by atoms with Gasteiger partial charge in [-0.1, -0.05) is 27.7 Å². The Balaban J connectivity index is 1.63. The number of rotatable bonds is 3. The molecule has 0 spiro atoms. The van der Waals surface area contributed by atoms with Crippen LogP contribution in [0.2, 0.25) is 0 Å². The average Bonchev–Trinajstić information content (AvgIpc) is 3.21. The van der Waals surface area contributed by atoms with Crippen molar-refractivity contribution in [3.8, 4) is 0 Å². The lowest BCUT2D eigenvalue weighted by Crippen LogP contribution is -2.47. The highest BCUT2D eigenvalue weighted by atomic mass is 16.6. The Bertz CT molecular complexity index is 372. The predicted octanol–water partition coefficient (Wildman–Crippen LogP) is 4.17. The molecular formula is C18H30O2. The van der Waals surface area contributed by atoms with E-state index in [-0.39, 0.29) is 11.2 Å². The lowest BCUT2D eigenvalue weighted by atomic mass is 9.62. The van der Waals surface area contributed by atoms with Crippen molar-refractivity contribution in [2.45, 2.75) is 89.6 Å². The van der Waals surface area contributed by atoms with Gasteiger partial charge in [-0.05, 0) is 56.3 Å². The van der Waals surface area contributed by atoms with E-state index in [1.54, 1.807) is 0 Å². The van der Waals surface area contributed by atoms with Crippen molar-refractivity contribution in [2.75, 3.05) is 0 Å². The molecule has 0 amide bonds. The summed E-state index contributed by atoms with van der Waals surface area (Å²) in [4.78, 5) is 0. The highest BCUT2D eigenvalue weighted by molar-refractivity contribution is 5.22. The first-order valence-electron chi connectivity index (χ1n) is 8.83. The molecule has 2 heteroatoms. The van der Waals surface area contributed by atoms with Gasteiger partial charge in [0.1, 0.15) is 11.2 Å². The summed E-state index contributed by atoms with van der Waals surface area (Å²) in [5, 5.41) is 0. The van der Waals surface area contributed by atoms with Crippen LogP contribution in [0.1, 0.15) is 66.2 Å². The predicted molar refractivity (Wildman–Crippen MR) is 79.6 cm³/mol. The van der Waals surface area contributed by atoms with Crippen LogP contribution >= 0.6 is 0 Å². The Hall–Kier alpha value is -0.0800. The Labute approximate surface area is 123 Å². The van der Waals surface area contributed by atoms with E-state index in [1.807, 2.05) is 0 Å². The van der Waals surface area contributed by atoms with Crippen LogP contribution in [0, 0.1) is 23.7 Å². The van der Waals surface area contributed by atoms with Crippen LogP contribution in [0.25, 0.3) is 0 Å². The summed E-state index contributed by atoms with van der Waals surface area (Å²) in [6, 6.07) is 0. The van der Waals surface area contributed by atoms with Gasteiger partial charge in [0.25, 0.3) is 0 Å². The fourth-order valence-corrected chi connectivity index (χ4v) is 5.94. The summed E-state index contributed by atoms with van der Waals surface area (Å²) < 4.78 is 12.7. The van der Waals surface area contributed by atoms with Gasteiger partial charge in [-0.3, -0.25) is 0 Å². The standard InChI is InChI=1S/C18H30O2/c1-11(2)16(17-9-12(3)5-7-14(17)19-17)18-10-13(4)6-8-15(18)20-18/h11-16H,5-10H2,1-4H3/t12?,13?,14-,15?,16?,17?,18?/m0/s1. The topological polar surface area (TPSA) is 25.1 Å². The molecule has 0 radical (unpaired) electrons. The molecule has 0 aromatic heterocycles. The van der Waals surface area contributed by atoms with Gasteiger partial charge in [-0.25, -0.2) is 0 Å². The van der Waals surface area contributed by atoms with E-state index in [0.29, 0.717) is 24.0 Å². The van der Waals surface area contributed by atoms with Gasteiger partial charge in [0.2, 0.25) is 0 Å². The molecule has 2 heterocycles. The Morgan fingerprint density at radius 3 is 1.65 bits per heavy atom. The van der Waals surface area contributed by atoms with E-state index in [1.165, 1.54) is 38.5 Å². The van der Waals surface area contributed by atoms with Gasteiger partial charge in [0.05, 0.1) is 12.2 Å². The van der Waals surface area contributed by atoms with Crippen molar-refractivity contribution in [3.05, 3.63) is 0 Å². The molecule has 2 nitrogen and oxygen atoms in total. The van der Waals surface area contributed by atoms with Gasteiger partial charge in [-0.15, -0.1) is 0 Å². The van der Waals surface area contributed by atoms with Crippen molar-refractivity contribution in [2.24, 2.45) is 23.7 Å². The second kappa shape index (κ2) is 4.23. The smallest absolute Gasteiger partial charge is 0.101 e. The fourth-order valence-electron chi connectivity index (χ4n) is 5.94. The normalized spacial score (nSPS) is 55.0. The first-order chi connectivity index (χ1) is 9.48. The maximum Gasteiger partial charge on any atom is 0.101 e. The molecule has 20 heavy (non-hydrogen) atoms. The Morgan fingerprint density at radius 1 is 0.800 bits per heavy atom. The molecule has 6 unspecified atom stereocenters. The van der Waals surface area contributed by atoms with Crippen molar-refractivity contribution < 1.29 is 9.47 Å². The maximum atomic E-state index is 6.36. The zero-order chi connectivity index (χ0) is 14.1. The maximum absolute atomic E-state index is 6.36. The molecule has 2 aliphatic heterocycles. The third-order valence-electron chi connectivity index (χ3n) is 6.60. The van der Waals surface area contributed by atoms with Gasteiger partial charge < -0.3 is 9.47 Å². The fraction of sp³-hybridized carbons (Fsp3) is 1.00. The summed E-state index contributed by atoms with van der Waals surface area (Å²) in [5.41, 5.74) is 0.356. The minimum Gasteiger partial charge on any atom is -0.366 e. The highest BCUT2D eigenvalue weighted by Gasteiger charge is 2.75. The van der Waals surface area contributed by atoms with E-state index in [4.69, 9.17) is 9.47 Å². The molecule has 2 saturated carbocycles. The van der Waals surface area contributed by atoms with Crippen molar-refractivity contribution in [1.82, 2.24) is 0 Å². The molecule has 4 rings (SSSR count). The summed E-state index contributed by atoms with van der Waals surface area (Å²) in [5.74, 6) is 2.94. The molecule has 0 aromatic rings. The number of ether oxygens (including phenoxy) is 2. The summed E-state index contributed by atoms with van der Waals surface area (Å²) >= 11 is 0. The zero-order valence-corrected chi connectivity index (χ0v) is 13.5. The molecular weight excluding hydrogens is 248 g/mol. The molecule has 2 saturated heterocycles.